The van der Waals surface area contributed by atoms with Crippen LogP contribution in [0.1, 0.15) is 34.3 Å². The average Bonchev–Trinajstić information content (AvgIpc) is 2.85. The highest BCUT2D eigenvalue weighted by Gasteiger charge is 2.28. The Morgan fingerprint density at radius 3 is 2.92 bits per heavy atom. The topological polar surface area (TPSA) is 12.5 Å². The number of ether oxygens (including phenoxy) is 1. The Morgan fingerprint density at radius 1 is 1.33 bits per heavy atom. The van der Waals surface area contributed by atoms with Crippen LogP contribution in [-0.4, -0.2) is 6.61 Å². The van der Waals surface area contributed by atoms with E-state index in [1.807, 2.05) is 11.3 Å². The van der Waals surface area contributed by atoms with Crippen molar-refractivity contribution < 1.29 is 4.74 Å². The van der Waals surface area contributed by atoms with Crippen LogP contribution in [-0.2, 0) is 17.6 Å². The molecule has 1 saturated heterocycles. The molecular formula is C10H12OS. The van der Waals surface area contributed by atoms with Gasteiger partial charge >= 0.3 is 0 Å². The van der Waals surface area contributed by atoms with Crippen molar-refractivity contribution in [2.45, 2.75) is 31.8 Å². The summed E-state index contributed by atoms with van der Waals surface area (Å²) in [5.41, 5.74) is 1.61. The maximum atomic E-state index is 5.28. The monoisotopic (exact) mass is 180 g/mol. The number of hydrogen-bond acceptors (Lipinski definition) is 2. The third-order valence-electron chi connectivity index (χ3n) is 2.67. The molecule has 0 radical (unpaired) electrons. The highest BCUT2D eigenvalue weighted by molar-refractivity contribution is 7.12. The van der Waals surface area contributed by atoms with Crippen LogP contribution in [0.4, 0.5) is 0 Å². The van der Waals surface area contributed by atoms with Gasteiger partial charge in [0.25, 0.3) is 0 Å². The van der Waals surface area contributed by atoms with Crippen LogP contribution in [0.3, 0.4) is 0 Å². The van der Waals surface area contributed by atoms with Crippen LogP contribution < -0.4 is 0 Å². The summed E-state index contributed by atoms with van der Waals surface area (Å²) in [7, 11) is 0. The Labute approximate surface area is 76.4 Å². The van der Waals surface area contributed by atoms with E-state index in [1.165, 1.54) is 30.6 Å². The van der Waals surface area contributed by atoms with E-state index < -0.39 is 0 Å². The summed E-state index contributed by atoms with van der Waals surface area (Å²) in [4.78, 5) is 3.11. The minimum Gasteiger partial charge on any atom is -0.367 e. The molecule has 12 heavy (non-hydrogen) atoms. The molecule has 0 spiro atoms. The predicted molar refractivity (Wildman–Crippen MR) is 49.7 cm³/mol. The maximum Gasteiger partial charge on any atom is 0.115 e. The zero-order valence-electron chi connectivity index (χ0n) is 7.01. The summed E-state index contributed by atoms with van der Waals surface area (Å²) in [6, 6.07) is 2.37. The molecule has 1 aliphatic carbocycles. The Balaban J connectivity index is 1.97. The van der Waals surface area contributed by atoms with Gasteiger partial charge in [-0.25, -0.2) is 0 Å². The number of aryl methyl sites for hydroxylation is 2. The van der Waals surface area contributed by atoms with Crippen LogP contribution in [0.25, 0.3) is 0 Å². The second-order valence-electron chi connectivity index (χ2n) is 3.63. The van der Waals surface area contributed by atoms with Gasteiger partial charge in [-0.1, -0.05) is 0 Å². The fraction of sp³-hybridized carbons (Fsp3) is 0.600. The van der Waals surface area contributed by atoms with Crippen LogP contribution >= 0.6 is 11.3 Å². The van der Waals surface area contributed by atoms with Crippen molar-refractivity contribution >= 4 is 11.3 Å². The van der Waals surface area contributed by atoms with E-state index in [1.54, 1.807) is 10.4 Å². The Bertz CT molecular complexity index is 275. The van der Waals surface area contributed by atoms with Crippen molar-refractivity contribution in [3.63, 3.8) is 0 Å². The van der Waals surface area contributed by atoms with Gasteiger partial charge in [-0.15, -0.1) is 11.3 Å². The molecule has 2 heteroatoms. The Kier molecular flexibility index (Phi) is 1.52. The lowest BCUT2D eigenvalue weighted by atomic mass is 9.99. The molecule has 1 atom stereocenters. The molecule has 0 aromatic carbocycles. The molecule has 2 heterocycles. The van der Waals surface area contributed by atoms with Crippen molar-refractivity contribution in [2.24, 2.45) is 0 Å². The van der Waals surface area contributed by atoms with E-state index in [0.29, 0.717) is 6.10 Å². The molecule has 1 fully saturated rings. The summed E-state index contributed by atoms with van der Waals surface area (Å²) < 4.78 is 5.28. The Morgan fingerprint density at radius 2 is 2.17 bits per heavy atom. The molecule has 2 aliphatic rings. The van der Waals surface area contributed by atoms with Gasteiger partial charge in [0.2, 0.25) is 0 Å². The predicted octanol–water partition coefficient (Wildman–Crippen LogP) is 2.70. The van der Waals surface area contributed by atoms with E-state index in [-0.39, 0.29) is 0 Å². The highest BCUT2D eigenvalue weighted by atomic mass is 32.1. The van der Waals surface area contributed by atoms with Gasteiger partial charge in [0, 0.05) is 9.75 Å². The van der Waals surface area contributed by atoms with Crippen molar-refractivity contribution in [1.29, 1.82) is 0 Å². The van der Waals surface area contributed by atoms with Gasteiger partial charge in [0.1, 0.15) is 6.10 Å². The van der Waals surface area contributed by atoms with Gasteiger partial charge in [-0.3, -0.25) is 0 Å². The third-order valence-corrected chi connectivity index (χ3v) is 4.00. The second kappa shape index (κ2) is 2.57. The lowest BCUT2D eigenvalue weighted by Crippen LogP contribution is -1.96. The molecule has 3 rings (SSSR count). The smallest absolute Gasteiger partial charge is 0.115 e. The largest absolute Gasteiger partial charge is 0.367 e. The first kappa shape index (κ1) is 7.10. The second-order valence-corrected chi connectivity index (χ2v) is 4.79. The molecule has 1 aromatic rings. The van der Waals surface area contributed by atoms with Crippen LogP contribution in [0.2, 0.25) is 0 Å². The van der Waals surface area contributed by atoms with Crippen molar-refractivity contribution in [1.82, 2.24) is 0 Å². The number of thiophene rings is 1. The van der Waals surface area contributed by atoms with Gasteiger partial charge in [-0.05, 0) is 37.3 Å². The first-order valence-electron chi connectivity index (χ1n) is 4.66. The standard InChI is InChI=1S/C10H12OS/c1-2-4-9-7(3-1)5-10(12-9)8-6-11-8/h5,8H,1-4,6H2/t8-/m1/s1. The summed E-state index contributed by atoms with van der Waals surface area (Å²) in [6.07, 6.45) is 5.86. The third kappa shape index (κ3) is 1.10. The molecule has 0 amide bonds. The highest BCUT2D eigenvalue weighted by Crippen LogP contribution is 2.39. The first-order valence-corrected chi connectivity index (χ1v) is 5.48. The average molecular weight is 180 g/mol. The van der Waals surface area contributed by atoms with Gasteiger partial charge in [0.05, 0.1) is 6.61 Å². The summed E-state index contributed by atoms with van der Waals surface area (Å²) >= 11 is 1.98. The maximum absolute atomic E-state index is 5.28. The molecule has 0 saturated carbocycles. The zero-order valence-corrected chi connectivity index (χ0v) is 7.82. The quantitative estimate of drug-likeness (QED) is 0.605. The van der Waals surface area contributed by atoms with Crippen molar-refractivity contribution in [3.8, 4) is 0 Å². The van der Waals surface area contributed by atoms with E-state index in [0.717, 1.165) is 6.61 Å². The van der Waals surface area contributed by atoms with E-state index >= 15 is 0 Å². The summed E-state index contributed by atoms with van der Waals surface area (Å²) in [5, 5.41) is 0. The van der Waals surface area contributed by atoms with E-state index in [2.05, 4.69) is 6.07 Å². The summed E-state index contributed by atoms with van der Waals surface area (Å²) in [6.45, 7) is 0.958. The van der Waals surface area contributed by atoms with Gasteiger partial charge in [0.15, 0.2) is 0 Å². The summed E-state index contributed by atoms with van der Waals surface area (Å²) in [5.74, 6) is 0. The molecule has 1 nitrogen and oxygen atoms in total. The van der Waals surface area contributed by atoms with Crippen LogP contribution in [0, 0.1) is 0 Å². The van der Waals surface area contributed by atoms with Crippen LogP contribution in [0.5, 0.6) is 0 Å². The molecule has 64 valence electrons. The molecule has 0 bridgehead atoms. The molecule has 1 aliphatic heterocycles. The zero-order chi connectivity index (χ0) is 7.97. The number of hydrogen-bond donors (Lipinski definition) is 0. The fourth-order valence-electron chi connectivity index (χ4n) is 1.88. The minimum absolute atomic E-state index is 0.473. The minimum atomic E-state index is 0.473. The lowest BCUT2D eigenvalue weighted by molar-refractivity contribution is 0.418. The van der Waals surface area contributed by atoms with Gasteiger partial charge < -0.3 is 4.74 Å². The van der Waals surface area contributed by atoms with Gasteiger partial charge in [-0.2, -0.15) is 0 Å². The van der Waals surface area contributed by atoms with E-state index in [4.69, 9.17) is 4.74 Å². The number of fused-ring (bicyclic) bond motifs is 1. The number of epoxide rings is 1. The Hall–Kier alpha value is -0.340. The fourth-order valence-corrected chi connectivity index (χ4v) is 3.18. The molecule has 0 unspecified atom stereocenters. The molecule has 1 aromatic heterocycles. The molecule has 0 N–H and O–H groups in total. The normalized spacial score (nSPS) is 26.8. The van der Waals surface area contributed by atoms with E-state index in [9.17, 15) is 0 Å². The molecular weight excluding hydrogens is 168 g/mol. The lowest BCUT2D eigenvalue weighted by Gasteiger charge is -2.08. The van der Waals surface area contributed by atoms with Crippen LogP contribution in [0.15, 0.2) is 6.07 Å². The van der Waals surface area contributed by atoms with Crippen molar-refractivity contribution in [2.75, 3.05) is 6.61 Å². The van der Waals surface area contributed by atoms with Crippen molar-refractivity contribution in [3.05, 3.63) is 21.4 Å². The SMILES string of the molecule is c1c([C@H]2CO2)sc2c1CCCC2. The first-order chi connectivity index (χ1) is 5.93. The number of rotatable bonds is 1.